The Balaban J connectivity index is 0. The van der Waals surface area contributed by atoms with Crippen molar-refractivity contribution in [2.45, 2.75) is 0 Å². The van der Waals surface area contributed by atoms with Crippen LogP contribution in [0.5, 0.6) is 0 Å². The molecule has 0 saturated carbocycles. The average molecular weight is 134 g/mol. The van der Waals surface area contributed by atoms with Crippen molar-refractivity contribution in [3.8, 4) is 0 Å². The summed E-state index contributed by atoms with van der Waals surface area (Å²) in [6.07, 6.45) is 0. The quantitative estimate of drug-likeness (QED) is 0.281. The van der Waals surface area contributed by atoms with Crippen LogP contribution in [0, 0.1) is 0 Å². The topological polar surface area (TPSA) is 43.4 Å². The van der Waals surface area contributed by atoms with Crippen LogP contribution in [0.25, 0.3) is 0 Å². The Morgan fingerprint density at radius 2 is 1.67 bits per heavy atom. The molecule has 6 heavy (non-hydrogen) atoms. The second kappa shape index (κ2) is 6.55. The number of hydrogen-bond acceptors (Lipinski definition) is 4. The van der Waals surface area contributed by atoms with Gasteiger partial charge in [0.25, 0.3) is 0 Å². The Morgan fingerprint density at radius 3 is 1.67 bits per heavy atom. The molecule has 0 radical (unpaired) electrons. The van der Waals surface area contributed by atoms with Gasteiger partial charge in [0.15, 0.2) is 0 Å². The van der Waals surface area contributed by atoms with Gasteiger partial charge in [0, 0.05) is 7.11 Å². The first-order chi connectivity index (χ1) is 2.27. The molecule has 0 rings (SSSR count). The van der Waals surface area contributed by atoms with Crippen LogP contribution in [0.15, 0.2) is 0 Å². The molecule has 0 aliphatic rings. The summed E-state index contributed by atoms with van der Waals surface area (Å²) in [5.41, 5.74) is 0. The van der Waals surface area contributed by atoms with Crippen molar-refractivity contribution >= 4 is 11.0 Å². The van der Waals surface area contributed by atoms with Gasteiger partial charge in [-0.3, -0.25) is 0 Å². The monoisotopic (exact) mass is 134 g/mol. The molecule has 0 aromatic heterocycles. The fraction of sp³-hybridized carbons (Fsp3) is 1.00. The molecular formula is CH3KO3S. The van der Waals surface area contributed by atoms with Crippen molar-refractivity contribution in [1.82, 2.24) is 0 Å². The van der Waals surface area contributed by atoms with Crippen molar-refractivity contribution in [3.05, 3.63) is 0 Å². The maximum atomic E-state index is 9.15. The van der Waals surface area contributed by atoms with Gasteiger partial charge in [0.2, 0.25) is 0 Å². The third-order valence-electron chi connectivity index (χ3n) is 0.136. The van der Waals surface area contributed by atoms with Gasteiger partial charge >= 0.3 is 51.4 Å². The smallest absolute Gasteiger partial charge is 0.427 e. The van der Waals surface area contributed by atoms with Crippen molar-refractivity contribution in [3.63, 3.8) is 0 Å². The van der Waals surface area contributed by atoms with Gasteiger partial charge in [-0.1, -0.05) is 0 Å². The second-order valence-corrected chi connectivity index (χ2v) is 1.11. The third-order valence-corrected chi connectivity index (χ3v) is 0.408. The van der Waals surface area contributed by atoms with Crippen LogP contribution in [-0.2, 0) is 23.6 Å². The van der Waals surface area contributed by atoms with E-state index in [1.165, 1.54) is 0 Å². The van der Waals surface area contributed by atoms with Crippen molar-refractivity contribution in [2.24, 2.45) is 0 Å². The fourth-order valence-electron chi connectivity index (χ4n) is 0. The molecule has 0 spiro atoms. The van der Waals surface area contributed by atoms with Gasteiger partial charge in [0.1, 0.15) is 0 Å². The van der Waals surface area contributed by atoms with Gasteiger partial charge in [-0.05, 0) is 0 Å². The Kier molecular flexibility index (Phi) is 11.5. The van der Waals surface area contributed by atoms with Gasteiger partial charge in [0.05, 0.1) is 11.0 Å². The van der Waals surface area contributed by atoms with Gasteiger partial charge in [-0.25, -0.2) is 0 Å². The predicted molar refractivity (Wildman–Crippen MR) is 15.7 cm³/mol. The summed E-state index contributed by atoms with van der Waals surface area (Å²) in [4.78, 5) is 0. The zero-order valence-electron chi connectivity index (χ0n) is 3.63. The summed E-state index contributed by atoms with van der Waals surface area (Å²) in [6, 6.07) is 0. The molecule has 0 fully saturated rings. The molecule has 5 heteroatoms. The summed E-state index contributed by atoms with van der Waals surface area (Å²) in [7, 11) is -1.24. The standard InChI is InChI=1S/CH3O3S.K/c1-4-5(2)3;/h1H3;/q-1;+1. The van der Waals surface area contributed by atoms with E-state index < -0.39 is 11.0 Å². The Hall–Kier alpha value is 1.55. The first-order valence-electron chi connectivity index (χ1n) is 0.908. The normalized spacial score (nSPS) is 7.67. The molecule has 0 aromatic carbocycles. The summed E-state index contributed by atoms with van der Waals surface area (Å²) in [5, 5.41) is 0. The Labute approximate surface area is 80.6 Å². The summed E-state index contributed by atoms with van der Waals surface area (Å²) in [5.74, 6) is 0. The molecule has 0 aromatic rings. The molecule has 0 atom stereocenters. The summed E-state index contributed by atoms with van der Waals surface area (Å²) < 4.78 is 22.0. The summed E-state index contributed by atoms with van der Waals surface area (Å²) in [6.45, 7) is 0. The molecule has 0 N–H and O–H groups in total. The van der Waals surface area contributed by atoms with E-state index in [4.69, 9.17) is 8.42 Å². The van der Waals surface area contributed by atoms with Gasteiger partial charge in [-0.15, -0.1) is 0 Å². The van der Waals surface area contributed by atoms with Crippen LogP contribution in [-0.4, -0.2) is 7.11 Å². The second-order valence-electron chi connectivity index (χ2n) is 0.371. The van der Waals surface area contributed by atoms with E-state index >= 15 is 0 Å². The molecule has 0 saturated heterocycles. The first-order valence-corrected chi connectivity index (χ1v) is 1.91. The van der Waals surface area contributed by atoms with E-state index in [9.17, 15) is 0 Å². The minimum absolute atomic E-state index is 0. The predicted octanol–water partition coefficient (Wildman–Crippen LogP) is -3.14. The van der Waals surface area contributed by atoms with Crippen LogP contribution in [0.4, 0.5) is 0 Å². The van der Waals surface area contributed by atoms with Crippen LogP contribution in [0.1, 0.15) is 0 Å². The maximum Gasteiger partial charge on any atom is 1.00 e. The molecule has 32 valence electrons. The van der Waals surface area contributed by atoms with Crippen LogP contribution in [0.2, 0.25) is 0 Å². The fourth-order valence-corrected chi connectivity index (χ4v) is 0. The largest absolute Gasteiger partial charge is 1.00 e. The van der Waals surface area contributed by atoms with E-state index in [2.05, 4.69) is 4.18 Å². The first kappa shape index (κ1) is 10.5. The van der Waals surface area contributed by atoms with Crippen molar-refractivity contribution < 1.29 is 64.0 Å². The average Bonchev–Trinajstić information content (AvgIpc) is 1.38. The molecule has 0 unspecified atom stereocenters. The van der Waals surface area contributed by atoms with E-state index in [1.54, 1.807) is 0 Å². The van der Waals surface area contributed by atoms with Crippen molar-refractivity contribution in [2.75, 3.05) is 7.11 Å². The molecule has 3 nitrogen and oxygen atoms in total. The van der Waals surface area contributed by atoms with E-state index in [-0.39, 0.29) is 51.4 Å². The molecule has 0 amide bonds. The van der Waals surface area contributed by atoms with Gasteiger partial charge < -0.3 is 12.6 Å². The zero-order chi connectivity index (χ0) is 4.28. The molecule has 0 aliphatic heterocycles. The Morgan fingerprint density at radius 1 is 1.50 bits per heavy atom. The zero-order valence-corrected chi connectivity index (χ0v) is 7.57. The number of hydrogen-bond donors (Lipinski definition) is 0. The SMILES string of the molecule is CO[S-](=O)=O.[K+]. The minimum Gasteiger partial charge on any atom is -0.427 e. The van der Waals surface area contributed by atoms with Crippen LogP contribution < -0.4 is 51.4 Å². The van der Waals surface area contributed by atoms with Crippen LogP contribution >= 0.6 is 0 Å². The van der Waals surface area contributed by atoms with Gasteiger partial charge in [-0.2, -0.15) is 0 Å². The van der Waals surface area contributed by atoms with E-state index in [1.807, 2.05) is 0 Å². The number of rotatable bonds is 1. The maximum absolute atomic E-state index is 9.15. The third kappa shape index (κ3) is 9.12. The molecular weight excluding hydrogens is 131 g/mol. The minimum atomic E-state index is -2.32. The Bertz CT molecular complexity index is 68.9. The van der Waals surface area contributed by atoms with E-state index in [0.29, 0.717) is 0 Å². The molecule has 0 heterocycles. The molecule has 0 bridgehead atoms. The van der Waals surface area contributed by atoms with Crippen molar-refractivity contribution in [1.29, 1.82) is 0 Å². The molecule has 0 aliphatic carbocycles. The summed E-state index contributed by atoms with van der Waals surface area (Å²) >= 11 is 0. The van der Waals surface area contributed by atoms with Crippen LogP contribution in [0.3, 0.4) is 0 Å². The van der Waals surface area contributed by atoms with E-state index in [0.717, 1.165) is 7.11 Å².